The van der Waals surface area contributed by atoms with E-state index in [1.807, 2.05) is 36.4 Å². The molecule has 0 saturated carbocycles. The third-order valence-electron chi connectivity index (χ3n) is 2.17. The molecule has 0 fully saturated rings. The smallest absolute Gasteiger partial charge is 0.0491 e. The molecular weight excluding hydrogens is 176 g/mol. The van der Waals surface area contributed by atoms with Gasteiger partial charge in [0.1, 0.15) is 0 Å². The molecule has 4 heteroatoms. The van der Waals surface area contributed by atoms with E-state index in [2.05, 4.69) is 10.9 Å². The van der Waals surface area contributed by atoms with Gasteiger partial charge >= 0.3 is 0 Å². The van der Waals surface area contributed by atoms with Crippen molar-refractivity contribution in [3.63, 3.8) is 0 Å². The predicted molar refractivity (Wildman–Crippen MR) is 59.6 cm³/mol. The molecule has 14 heavy (non-hydrogen) atoms. The highest BCUT2D eigenvalue weighted by molar-refractivity contribution is 5.88. The van der Waals surface area contributed by atoms with Gasteiger partial charge in [-0.1, -0.05) is 12.1 Å². The minimum Gasteiger partial charge on any atom is -0.324 e. The predicted octanol–water partition coefficient (Wildman–Crippen LogP) is 1.41. The van der Waals surface area contributed by atoms with Gasteiger partial charge in [0, 0.05) is 11.4 Å². The molecule has 0 heterocycles. The molecule has 0 bridgehead atoms. The van der Waals surface area contributed by atoms with Gasteiger partial charge in [-0.3, -0.25) is 11.7 Å². The first-order valence-electron chi connectivity index (χ1n) is 4.30. The number of hydrazine groups is 2. The molecule has 6 N–H and O–H groups in total. The maximum atomic E-state index is 5.32. The van der Waals surface area contributed by atoms with E-state index in [-0.39, 0.29) is 0 Å². The SMILES string of the molecule is NNc1ccc2ccc(NN)cc2c1. The molecule has 0 atom stereocenters. The number of anilines is 2. The number of rotatable bonds is 2. The second-order valence-electron chi connectivity index (χ2n) is 3.07. The fraction of sp³-hybridized carbons (Fsp3) is 0. The van der Waals surface area contributed by atoms with E-state index in [9.17, 15) is 0 Å². The average Bonchev–Trinajstić information content (AvgIpc) is 2.27. The van der Waals surface area contributed by atoms with Crippen LogP contribution in [0.25, 0.3) is 10.8 Å². The first kappa shape index (κ1) is 8.80. The summed E-state index contributed by atoms with van der Waals surface area (Å²) in [5.74, 6) is 10.6. The third-order valence-corrected chi connectivity index (χ3v) is 2.17. The Morgan fingerprint density at radius 1 is 0.714 bits per heavy atom. The number of fused-ring (bicyclic) bond motifs is 1. The molecule has 0 aliphatic carbocycles. The molecule has 0 radical (unpaired) electrons. The first-order valence-corrected chi connectivity index (χ1v) is 4.30. The summed E-state index contributed by atoms with van der Waals surface area (Å²) >= 11 is 0. The minimum atomic E-state index is 0.881. The van der Waals surface area contributed by atoms with Crippen molar-refractivity contribution >= 4 is 22.1 Å². The highest BCUT2D eigenvalue weighted by Gasteiger charge is 1.96. The molecule has 0 aromatic heterocycles. The number of nitrogens with one attached hydrogen (secondary N) is 2. The number of hydrogen-bond donors (Lipinski definition) is 4. The Bertz CT molecular complexity index is 414. The number of hydrogen-bond acceptors (Lipinski definition) is 4. The van der Waals surface area contributed by atoms with Gasteiger partial charge in [0.2, 0.25) is 0 Å². The summed E-state index contributed by atoms with van der Waals surface area (Å²) in [6, 6.07) is 11.8. The second kappa shape index (κ2) is 3.53. The van der Waals surface area contributed by atoms with Crippen molar-refractivity contribution in [3.05, 3.63) is 36.4 Å². The molecule has 2 aromatic rings. The van der Waals surface area contributed by atoms with E-state index in [1.165, 1.54) is 0 Å². The lowest BCUT2D eigenvalue weighted by atomic mass is 10.1. The maximum absolute atomic E-state index is 5.32. The van der Waals surface area contributed by atoms with Gasteiger partial charge in [0.05, 0.1) is 0 Å². The Labute approximate surface area is 81.8 Å². The zero-order chi connectivity index (χ0) is 9.97. The maximum Gasteiger partial charge on any atom is 0.0491 e. The highest BCUT2D eigenvalue weighted by Crippen LogP contribution is 2.21. The summed E-state index contributed by atoms with van der Waals surface area (Å²) in [4.78, 5) is 0. The van der Waals surface area contributed by atoms with Crippen LogP contribution in [-0.4, -0.2) is 0 Å². The van der Waals surface area contributed by atoms with Crippen LogP contribution in [-0.2, 0) is 0 Å². The fourth-order valence-electron chi connectivity index (χ4n) is 1.43. The van der Waals surface area contributed by atoms with Crippen LogP contribution in [0, 0.1) is 0 Å². The van der Waals surface area contributed by atoms with Crippen LogP contribution in [0.3, 0.4) is 0 Å². The Morgan fingerprint density at radius 2 is 1.21 bits per heavy atom. The molecular formula is C10H12N4. The number of benzene rings is 2. The zero-order valence-corrected chi connectivity index (χ0v) is 7.62. The number of nitrogen functional groups attached to an aromatic ring is 2. The van der Waals surface area contributed by atoms with Crippen LogP contribution in [0.5, 0.6) is 0 Å². The van der Waals surface area contributed by atoms with Crippen LogP contribution in [0.2, 0.25) is 0 Å². The minimum absolute atomic E-state index is 0.881. The summed E-state index contributed by atoms with van der Waals surface area (Å²) in [6.07, 6.45) is 0. The quantitative estimate of drug-likeness (QED) is 0.424. The summed E-state index contributed by atoms with van der Waals surface area (Å²) in [5.41, 5.74) is 6.97. The van der Waals surface area contributed by atoms with Crippen molar-refractivity contribution in [2.45, 2.75) is 0 Å². The monoisotopic (exact) mass is 188 g/mol. The summed E-state index contributed by atoms with van der Waals surface area (Å²) in [7, 11) is 0. The first-order chi connectivity index (χ1) is 6.83. The van der Waals surface area contributed by atoms with Crippen molar-refractivity contribution in [1.29, 1.82) is 0 Å². The van der Waals surface area contributed by atoms with E-state index < -0.39 is 0 Å². The van der Waals surface area contributed by atoms with Crippen molar-refractivity contribution in [3.8, 4) is 0 Å². The summed E-state index contributed by atoms with van der Waals surface area (Å²) in [6.45, 7) is 0. The van der Waals surface area contributed by atoms with Gasteiger partial charge in [-0.05, 0) is 35.0 Å². The molecule has 4 nitrogen and oxygen atoms in total. The summed E-state index contributed by atoms with van der Waals surface area (Å²) in [5, 5.41) is 2.25. The Hall–Kier alpha value is -1.78. The number of nitrogens with two attached hydrogens (primary N) is 2. The molecule has 0 amide bonds. The second-order valence-corrected chi connectivity index (χ2v) is 3.07. The van der Waals surface area contributed by atoms with E-state index in [0.29, 0.717) is 0 Å². The fourth-order valence-corrected chi connectivity index (χ4v) is 1.43. The van der Waals surface area contributed by atoms with Gasteiger partial charge in [-0.15, -0.1) is 0 Å². The standard InChI is InChI=1S/C10H12N4/c11-13-9-3-1-7-2-4-10(14-12)6-8(7)5-9/h1-6,13-14H,11-12H2. The molecule has 2 rings (SSSR count). The Balaban J connectivity index is 2.60. The van der Waals surface area contributed by atoms with Crippen LogP contribution < -0.4 is 22.5 Å². The zero-order valence-electron chi connectivity index (χ0n) is 7.62. The van der Waals surface area contributed by atoms with Crippen molar-refractivity contribution < 1.29 is 0 Å². The van der Waals surface area contributed by atoms with Crippen LogP contribution in [0.1, 0.15) is 0 Å². The van der Waals surface area contributed by atoms with Crippen molar-refractivity contribution in [1.82, 2.24) is 0 Å². The average molecular weight is 188 g/mol. The van der Waals surface area contributed by atoms with Gasteiger partial charge in [0.15, 0.2) is 0 Å². The van der Waals surface area contributed by atoms with Gasteiger partial charge in [0.25, 0.3) is 0 Å². The lowest BCUT2D eigenvalue weighted by Gasteiger charge is -2.05. The lowest BCUT2D eigenvalue weighted by Crippen LogP contribution is -2.07. The van der Waals surface area contributed by atoms with E-state index >= 15 is 0 Å². The Kier molecular flexibility index (Phi) is 2.22. The highest BCUT2D eigenvalue weighted by atomic mass is 15.2. The Morgan fingerprint density at radius 3 is 1.64 bits per heavy atom. The molecule has 72 valence electrons. The molecule has 0 aliphatic heterocycles. The van der Waals surface area contributed by atoms with E-state index in [1.54, 1.807) is 0 Å². The molecule has 0 aliphatic rings. The normalized spacial score (nSPS) is 10.1. The van der Waals surface area contributed by atoms with Gasteiger partial charge < -0.3 is 10.9 Å². The largest absolute Gasteiger partial charge is 0.324 e. The van der Waals surface area contributed by atoms with E-state index in [4.69, 9.17) is 11.7 Å². The van der Waals surface area contributed by atoms with Gasteiger partial charge in [-0.2, -0.15) is 0 Å². The third kappa shape index (κ3) is 1.48. The van der Waals surface area contributed by atoms with E-state index in [0.717, 1.165) is 22.1 Å². The molecule has 0 unspecified atom stereocenters. The van der Waals surface area contributed by atoms with Crippen molar-refractivity contribution in [2.24, 2.45) is 11.7 Å². The van der Waals surface area contributed by atoms with Crippen LogP contribution in [0.4, 0.5) is 11.4 Å². The van der Waals surface area contributed by atoms with Crippen LogP contribution >= 0.6 is 0 Å². The topological polar surface area (TPSA) is 76.1 Å². The van der Waals surface area contributed by atoms with Gasteiger partial charge in [-0.25, -0.2) is 0 Å². The van der Waals surface area contributed by atoms with Crippen LogP contribution in [0.15, 0.2) is 36.4 Å². The molecule has 0 saturated heterocycles. The summed E-state index contributed by atoms with van der Waals surface area (Å²) < 4.78 is 0. The molecule has 0 spiro atoms. The molecule has 2 aromatic carbocycles. The van der Waals surface area contributed by atoms with Crippen molar-refractivity contribution in [2.75, 3.05) is 10.9 Å². The lowest BCUT2D eigenvalue weighted by molar-refractivity contribution is 1.35.